The molecule has 7 N–H and O–H groups in total. The topological polar surface area (TPSA) is 412 Å². The fraction of sp³-hybridized carbons (Fsp3) is 0.259. The number of nitrogens with two attached hydrogens (primary N) is 2. The second-order valence-electron chi connectivity index (χ2n) is 21.6. The van der Waals surface area contributed by atoms with Crippen molar-refractivity contribution in [1.82, 2.24) is 19.9 Å². The van der Waals surface area contributed by atoms with E-state index in [1.165, 1.54) is 45.2 Å². The van der Waals surface area contributed by atoms with Crippen LogP contribution in [-0.2, 0) is 52.3 Å². The number of carboxylic acids is 1. The summed E-state index contributed by atoms with van der Waals surface area (Å²) in [6.07, 6.45) is 7.88. The Morgan fingerprint density at radius 2 is 0.819 bits per heavy atom. The molecule has 622 valence electrons. The second kappa shape index (κ2) is 53.9. The van der Waals surface area contributed by atoms with E-state index in [1.807, 2.05) is 30.3 Å². The lowest BCUT2D eigenvalue weighted by Gasteiger charge is -2.08. The van der Waals surface area contributed by atoms with Crippen LogP contribution in [0.1, 0.15) is 90.4 Å². The zero-order valence-corrected chi connectivity index (χ0v) is 70.2. The summed E-state index contributed by atoms with van der Waals surface area (Å²) in [5.41, 5.74) is 14.9. The summed E-state index contributed by atoms with van der Waals surface area (Å²) in [6.45, 7) is 11.4. The van der Waals surface area contributed by atoms with Gasteiger partial charge in [0, 0.05) is 73.0 Å². The first-order chi connectivity index (χ1) is 55.1. The molecule has 0 saturated carbocycles. The first kappa shape index (κ1) is 100. The number of H-pyrrole nitrogens is 1. The van der Waals surface area contributed by atoms with Gasteiger partial charge in [-0.3, -0.25) is 24.5 Å². The maximum absolute atomic E-state index is 12.1. The number of carbonyl (C=O) groups is 8. The number of benzene rings is 6. The number of amides is 1. The second-order valence-corrected chi connectivity index (χ2v) is 24.4. The number of aromatic carboxylic acids is 1. The Morgan fingerprint density at radius 1 is 0.474 bits per heavy atom. The lowest BCUT2D eigenvalue weighted by molar-refractivity contribution is -0.148. The van der Waals surface area contributed by atoms with Crippen molar-refractivity contribution < 1.29 is 105 Å². The van der Waals surface area contributed by atoms with Crippen molar-refractivity contribution in [2.45, 2.75) is 49.0 Å². The van der Waals surface area contributed by atoms with Gasteiger partial charge in [0.2, 0.25) is 5.43 Å². The summed E-state index contributed by atoms with van der Waals surface area (Å²) in [6, 6.07) is 35.4. The molecule has 4 aromatic heterocycles. The van der Waals surface area contributed by atoms with Gasteiger partial charge in [-0.25, -0.2) is 33.6 Å². The number of aromatic nitrogens is 4. The van der Waals surface area contributed by atoms with Gasteiger partial charge >= 0.3 is 41.8 Å². The Hall–Kier alpha value is -12.0. The number of ether oxygens (including phenoxy) is 13. The highest BCUT2D eigenvalue weighted by atomic mass is 79.9. The highest BCUT2D eigenvalue weighted by molar-refractivity contribution is 9.11. The van der Waals surface area contributed by atoms with Gasteiger partial charge in [-0.1, -0.05) is 19.0 Å². The largest absolute Gasteiger partial charge is 0.503 e. The molecule has 0 spiro atoms. The van der Waals surface area contributed by atoms with Gasteiger partial charge in [0.1, 0.15) is 46.3 Å². The van der Waals surface area contributed by atoms with Crippen molar-refractivity contribution in [3.8, 4) is 34.5 Å². The number of alkyl halides is 2. The summed E-state index contributed by atoms with van der Waals surface area (Å²) < 4.78 is 64.8. The van der Waals surface area contributed by atoms with E-state index in [2.05, 4.69) is 71.3 Å². The molecule has 6 aromatic carbocycles. The number of rotatable bonds is 23. The van der Waals surface area contributed by atoms with Crippen LogP contribution in [0.5, 0.6) is 34.5 Å². The number of aromatic amines is 1. The number of anilines is 2. The van der Waals surface area contributed by atoms with E-state index in [1.54, 1.807) is 168 Å². The quantitative estimate of drug-likeness (QED) is 0.00580. The average molecular weight is 1800 g/mol. The van der Waals surface area contributed by atoms with Crippen LogP contribution in [0.4, 0.5) is 11.4 Å². The van der Waals surface area contributed by atoms with Crippen LogP contribution in [0.2, 0.25) is 5.02 Å². The number of halogens is 5. The van der Waals surface area contributed by atoms with E-state index in [0.717, 1.165) is 39.5 Å². The Morgan fingerprint density at radius 3 is 1.22 bits per heavy atom. The van der Waals surface area contributed by atoms with E-state index >= 15 is 0 Å². The average Bonchev–Trinajstić information content (AvgIpc) is 0.813. The molecule has 0 unspecified atom stereocenters. The van der Waals surface area contributed by atoms with Gasteiger partial charge in [0.15, 0.2) is 11.1 Å². The van der Waals surface area contributed by atoms with Crippen molar-refractivity contribution in [1.29, 1.82) is 0 Å². The monoisotopic (exact) mass is 1790 g/mol. The highest BCUT2D eigenvalue weighted by Gasteiger charge is 2.23. The van der Waals surface area contributed by atoms with Gasteiger partial charge in [0.05, 0.1) is 138 Å². The molecule has 10 rings (SSSR count). The van der Waals surface area contributed by atoms with E-state index in [-0.39, 0.29) is 85.0 Å². The third-order valence-corrected chi connectivity index (χ3v) is 16.5. The van der Waals surface area contributed by atoms with Crippen LogP contribution in [0.15, 0.2) is 183 Å². The van der Waals surface area contributed by atoms with E-state index < -0.39 is 41.7 Å². The number of hydrogen-bond acceptors (Lipinski definition) is 27. The maximum atomic E-state index is 12.1. The molecule has 35 heteroatoms. The summed E-state index contributed by atoms with van der Waals surface area (Å²) in [5, 5.41) is 14.9. The van der Waals surface area contributed by atoms with Crippen molar-refractivity contribution in [3.63, 3.8) is 0 Å². The molecule has 0 fully saturated rings. The molecule has 30 nitrogen and oxygen atoms in total. The molecule has 0 aliphatic heterocycles. The minimum Gasteiger partial charge on any atom is -0.503 e. The number of primary amides is 1. The van der Waals surface area contributed by atoms with Gasteiger partial charge in [0.25, 0.3) is 5.91 Å². The van der Waals surface area contributed by atoms with Crippen LogP contribution in [0, 0.1) is 0 Å². The van der Waals surface area contributed by atoms with Crippen molar-refractivity contribution >= 4 is 169 Å². The standard InChI is InChI=1S/C15H19NO5.C13H12BrNO3.C13H13NO4.C11H8BrNO3.C11H9ClN2O2.C9H14O5.C7H9NO.CH2Cl2.CH4/c1-4-20-14(17)13(15(18)21-5-2)10-16-11-6-8-12(19-3)9-7-11;1-3-18-13(16)10-7-15-11-5-4-8(17-2)6-9(11)12(10)14;1-3-18-13(16)10-7-14-11-5-4-8(17-2)6-9(11)12(10)15;1-16-6-2-3-9-7(4-6)10(12)8(5-13-9)11(14)15;1-16-6-2-3-9-7(4-6)10(12)8(5-14-9)11(13)15;1-4-13-8(10)7(6-12-3)9(11)14-5-2;1-9-7-4-2-6(8)3-5-7;2-1-3;/h6-10,16H,4-5H2,1-3H3;4-7H,3H2,1-2H3;4-7H,3H2,1-2H3,(H,14,15);2-5H,1H3,(H,14,15);2-5H,1H3,(H2,13,15);6H,4-5H2,1-3H3;2-5H,8H2,1H3;1H2;1H4. The number of carbonyl (C=O) groups excluding carboxylic acids is 7. The van der Waals surface area contributed by atoms with Gasteiger partial charge in [-0.05, 0) is 195 Å². The number of hydrogen-bond donors (Lipinski definition) is 5. The Kier molecular flexibility index (Phi) is 46.5. The molecule has 0 aliphatic rings. The maximum Gasteiger partial charge on any atom is 0.348 e. The van der Waals surface area contributed by atoms with Crippen LogP contribution in [0.25, 0.3) is 43.6 Å². The predicted octanol–water partition coefficient (Wildman–Crippen LogP) is 15.7. The molecule has 0 saturated heterocycles. The van der Waals surface area contributed by atoms with E-state index in [4.69, 9.17) is 98.7 Å². The number of nitrogens with one attached hydrogen (secondary N) is 2. The third kappa shape index (κ3) is 31.4. The van der Waals surface area contributed by atoms with Gasteiger partial charge in [-0.15, -0.1) is 23.2 Å². The van der Waals surface area contributed by atoms with Crippen molar-refractivity contribution in [2.75, 3.05) is 106 Å². The molecule has 0 radical (unpaired) electrons. The highest BCUT2D eigenvalue weighted by Crippen LogP contribution is 2.32. The lowest BCUT2D eigenvalue weighted by atomic mass is 10.1. The number of methoxy groups -OCH3 is 7. The fourth-order valence-corrected chi connectivity index (χ4v) is 10.4. The molecule has 10 aromatic rings. The number of nitrogens with zero attached hydrogens (tertiary/aromatic N) is 3. The van der Waals surface area contributed by atoms with E-state index in [9.17, 15) is 43.2 Å². The first-order valence-corrected chi connectivity index (χ1v) is 37.1. The SMILES string of the molecule is C.CCOC(=O)C(=CNc1ccc(OC)cc1)C(=O)OCC.CCOC(=O)C(=COC)C(=O)OCC.CCOC(=O)c1c[nH]c2ccc(OC)cc2c1=O.CCOC(=O)c1cnc2ccc(OC)cc2c1Br.COc1ccc(N)cc1.COc1ccc2ncc(C(=O)O)c(Br)c2c1.COc1ccc2ncc(C(N)=O)c(Cl)c2c1.ClCCl. The molecular weight excluding hydrogens is 1710 g/mol. The molecule has 4 heterocycles. The number of pyridine rings is 4. The fourth-order valence-electron chi connectivity index (χ4n) is 8.94. The summed E-state index contributed by atoms with van der Waals surface area (Å²) >= 11 is 22.3. The zero-order chi connectivity index (χ0) is 85.7. The zero-order valence-electron chi connectivity index (χ0n) is 64.8. The molecule has 116 heavy (non-hydrogen) atoms. The number of nitrogen functional groups attached to an aromatic ring is 1. The van der Waals surface area contributed by atoms with Crippen molar-refractivity contribution in [2.24, 2.45) is 5.73 Å². The van der Waals surface area contributed by atoms with Crippen LogP contribution < -0.4 is 50.6 Å². The first-order valence-electron chi connectivity index (χ1n) is 34.1. The lowest BCUT2D eigenvalue weighted by Crippen LogP contribution is -2.19. The molecular formula is C81H90Br2Cl3N7O23. The number of fused-ring (bicyclic) bond motifs is 4. The van der Waals surface area contributed by atoms with E-state index in [0.29, 0.717) is 82.4 Å². The number of carboxylic acid groups (broad SMARTS) is 1. The molecule has 0 atom stereocenters. The molecule has 0 aliphatic carbocycles. The Bertz CT molecular complexity index is 4900. The summed E-state index contributed by atoms with van der Waals surface area (Å²) in [7, 11) is 10.8. The third-order valence-electron chi connectivity index (χ3n) is 14.4. The van der Waals surface area contributed by atoms with Crippen LogP contribution in [-0.4, -0.2) is 167 Å². The minimum atomic E-state index is -1.01. The Balaban J connectivity index is 0.000000459. The van der Waals surface area contributed by atoms with Gasteiger partial charge < -0.3 is 88.5 Å². The molecule has 0 bridgehead atoms. The van der Waals surface area contributed by atoms with Crippen LogP contribution >= 0.6 is 66.7 Å². The summed E-state index contributed by atoms with van der Waals surface area (Å²) in [4.78, 5) is 119. The summed E-state index contributed by atoms with van der Waals surface area (Å²) in [5.74, 6) is -1.41. The van der Waals surface area contributed by atoms with Crippen molar-refractivity contribution in [3.05, 3.63) is 216 Å². The van der Waals surface area contributed by atoms with Crippen LogP contribution in [0.3, 0.4) is 0 Å². The Labute approximate surface area is 701 Å². The van der Waals surface area contributed by atoms with Gasteiger partial charge in [-0.2, -0.15) is 0 Å². The smallest absolute Gasteiger partial charge is 0.348 e. The normalized spacial score (nSPS) is 9.71. The minimum absolute atomic E-state index is 0. The number of esters is 6. The predicted molar refractivity (Wildman–Crippen MR) is 451 cm³/mol. The molecule has 1 amide bonds.